The van der Waals surface area contributed by atoms with E-state index in [-0.39, 0.29) is 5.91 Å². The normalized spacial score (nSPS) is 15.7. The molecule has 2 aromatic heterocycles. The van der Waals surface area contributed by atoms with Crippen LogP contribution in [0, 0.1) is 4.77 Å². The molecule has 0 radical (unpaired) electrons. The minimum atomic E-state index is 0.0273. The van der Waals surface area contributed by atoms with Crippen molar-refractivity contribution < 1.29 is 4.79 Å². The van der Waals surface area contributed by atoms with Crippen molar-refractivity contribution >= 4 is 18.1 Å². The molecule has 0 bridgehead atoms. The molecule has 1 amide bonds. The number of carbonyl (C=O) groups is 1. The Hall–Kier alpha value is -2.84. The predicted octanol–water partition coefficient (Wildman–Crippen LogP) is 4.40. The Balaban J connectivity index is 1.33. The number of benzene rings is 1. The Labute approximate surface area is 199 Å². The van der Waals surface area contributed by atoms with Gasteiger partial charge in [-0.15, -0.1) is 0 Å². The lowest BCUT2D eigenvalue weighted by atomic mass is 10.1. The minimum absolute atomic E-state index is 0.0273. The van der Waals surface area contributed by atoms with Crippen LogP contribution in [0.25, 0.3) is 11.4 Å². The van der Waals surface area contributed by atoms with E-state index in [2.05, 4.69) is 38.8 Å². The maximum Gasteiger partial charge on any atom is 0.251 e. The Morgan fingerprint density at radius 3 is 2.48 bits per heavy atom. The molecular weight excluding hydrogens is 432 g/mol. The molecule has 172 valence electrons. The Kier molecular flexibility index (Phi) is 6.37. The number of nitrogens with zero attached hydrogens (tertiary/aromatic N) is 5. The van der Waals surface area contributed by atoms with Crippen molar-refractivity contribution in [2.24, 2.45) is 0 Å². The first-order chi connectivity index (χ1) is 16.1. The van der Waals surface area contributed by atoms with Crippen LogP contribution in [0.2, 0.25) is 0 Å². The second kappa shape index (κ2) is 9.57. The highest BCUT2D eigenvalue weighted by Gasteiger charge is 2.30. The molecule has 2 aliphatic carbocycles. The standard InChI is InChI=1S/C25H30N6OS/c1-2-15-30-23(19-11-13-26-14-12-19)28-31(25(30)33)17-29(22-9-10-22)16-18-3-5-20(6-4-18)24(32)27-21-7-8-21/h3-6,11-14,21-22H,2,7-10,15-17H2,1H3,(H,27,32). The molecule has 8 heteroatoms. The van der Waals surface area contributed by atoms with E-state index in [9.17, 15) is 4.79 Å². The van der Waals surface area contributed by atoms with E-state index in [1.807, 2.05) is 28.9 Å². The highest BCUT2D eigenvalue weighted by atomic mass is 32.1. The van der Waals surface area contributed by atoms with Crippen molar-refractivity contribution in [1.82, 2.24) is 29.5 Å². The zero-order valence-electron chi connectivity index (χ0n) is 19.0. The maximum atomic E-state index is 12.3. The van der Waals surface area contributed by atoms with Gasteiger partial charge in [0.05, 0.1) is 6.67 Å². The van der Waals surface area contributed by atoms with Gasteiger partial charge in [-0.2, -0.15) is 5.10 Å². The molecule has 5 rings (SSSR count). The summed E-state index contributed by atoms with van der Waals surface area (Å²) in [6.45, 7) is 4.45. The number of amides is 1. The molecule has 0 unspecified atom stereocenters. The molecule has 0 atom stereocenters. The molecule has 2 saturated carbocycles. The van der Waals surface area contributed by atoms with E-state index in [4.69, 9.17) is 17.3 Å². The summed E-state index contributed by atoms with van der Waals surface area (Å²) in [4.78, 5) is 18.9. The first kappa shape index (κ1) is 22.0. The van der Waals surface area contributed by atoms with Crippen molar-refractivity contribution in [3.05, 3.63) is 64.7 Å². The minimum Gasteiger partial charge on any atom is -0.349 e. The summed E-state index contributed by atoms with van der Waals surface area (Å²) in [6, 6.07) is 12.9. The molecule has 7 nitrogen and oxygen atoms in total. The Morgan fingerprint density at radius 1 is 1.12 bits per heavy atom. The van der Waals surface area contributed by atoms with Crippen LogP contribution in [0.5, 0.6) is 0 Å². The quantitative estimate of drug-likeness (QED) is 0.452. The van der Waals surface area contributed by atoms with E-state index in [0.717, 1.165) is 54.1 Å². The summed E-state index contributed by atoms with van der Waals surface area (Å²) in [5.41, 5.74) is 2.95. The Morgan fingerprint density at radius 2 is 1.85 bits per heavy atom. The van der Waals surface area contributed by atoms with Crippen LogP contribution in [0.15, 0.2) is 48.8 Å². The van der Waals surface area contributed by atoms with Crippen LogP contribution in [0.4, 0.5) is 0 Å². The summed E-state index contributed by atoms with van der Waals surface area (Å²) < 4.78 is 4.83. The molecule has 0 aliphatic heterocycles. The maximum absolute atomic E-state index is 12.3. The molecule has 2 aliphatic rings. The van der Waals surface area contributed by atoms with Crippen LogP contribution < -0.4 is 5.32 Å². The Bertz CT molecular complexity index is 1160. The summed E-state index contributed by atoms with van der Waals surface area (Å²) in [7, 11) is 0. The average molecular weight is 463 g/mol. The summed E-state index contributed by atoms with van der Waals surface area (Å²) >= 11 is 5.83. The van der Waals surface area contributed by atoms with E-state index >= 15 is 0 Å². The first-order valence-electron chi connectivity index (χ1n) is 11.8. The topological polar surface area (TPSA) is 68.0 Å². The zero-order chi connectivity index (χ0) is 22.8. The van der Waals surface area contributed by atoms with Gasteiger partial charge in [0.25, 0.3) is 5.91 Å². The summed E-state index contributed by atoms with van der Waals surface area (Å²) in [5.74, 6) is 0.922. The highest BCUT2D eigenvalue weighted by molar-refractivity contribution is 7.71. The first-order valence-corrected chi connectivity index (χ1v) is 12.2. The van der Waals surface area contributed by atoms with Gasteiger partial charge < -0.3 is 5.32 Å². The fraction of sp³-hybridized carbons (Fsp3) is 0.440. The lowest BCUT2D eigenvalue weighted by Gasteiger charge is -2.22. The third-order valence-electron chi connectivity index (χ3n) is 6.20. The number of rotatable bonds is 10. The third kappa shape index (κ3) is 5.23. The van der Waals surface area contributed by atoms with Crippen LogP contribution >= 0.6 is 12.2 Å². The lowest BCUT2D eigenvalue weighted by molar-refractivity contribution is 0.0951. The van der Waals surface area contributed by atoms with Crippen molar-refractivity contribution in [2.45, 2.75) is 70.9 Å². The van der Waals surface area contributed by atoms with Gasteiger partial charge in [-0.25, -0.2) is 4.68 Å². The van der Waals surface area contributed by atoms with Gasteiger partial charge in [0, 0.05) is 48.7 Å². The average Bonchev–Trinajstić information content (AvgIpc) is 3.76. The van der Waals surface area contributed by atoms with Gasteiger partial charge in [-0.1, -0.05) is 19.1 Å². The molecule has 0 spiro atoms. The molecule has 0 saturated heterocycles. The fourth-order valence-electron chi connectivity index (χ4n) is 4.07. The van der Waals surface area contributed by atoms with E-state index in [1.165, 1.54) is 18.4 Å². The van der Waals surface area contributed by atoms with E-state index in [0.29, 0.717) is 18.8 Å². The van der Waals surface area contributed by atoms with Gasteiger partial charge in [-0.05, 0) is 74.2 Å². The van der Waals surface area contributed by atoms with Crippen molar-refractivity contribution in [1.29, 1.82) is 0 Å². The number of hydrogen-bond acceptors (Lipinski definition) is 5. The van der Waals surface area contributed by atoms with Gasteiger partial charge >= 0.3 is 0 Å². The van der Waals surface area contributed by atoms with Crippen molar-refractivity contribution in [3.8, 4) is 11.4 Å². The number of hydrogen-bond donors (Lipinski definition) is 1. The molecule has 33 heavy (non-hydrogen) atoms. The largest absolute Gasteiger partial charge is 0.349 e. The number of pyridine rings is 1. The van der Waals surface area contributed by atoms with Gasteiger partial charge in [-0.3, -0.25) is 19.2 Å². The van der Waals surface area contributed by atoms with Crippen molar-refractivity contribution in [3.63, 3.8) is 0 Å². The number of aromatic nitrogens is 4. The second-order valence-electron chi connectivity index (χ2n) is 9.06. The van der Waals surface area contributed by atoms with E-state index in [1.54, 1.807) is 12.4 Å². The van der Waals surface area contributed by atoms with Crippen LogP contribution in [0.1, 0.15) is 54.9 Å². The van der Waals surface area contributed by atoms with Crippen molar-refractivity contribution in [2.75, 3.05) is 0 Å². The highest BCUT2D eigenvalue weighted by Crippen LogP contribution is 2.29. The number of nitrogens with one attached hydrogen (secondary N) is 1. The van der Waals surface area contributed by atoms with E-state index < -0.39 is 0 Å². The van der Waals surface area contributed by atoms with Crippen LogP contribution in [0.3, 0.4) is 0 Å². The predicted molar refractivity (Wildman–Crippen MR) is 130 cm³/mol. The van der Waals surface area contributed by atoms with Crippen LogP contribution in [-0.2, 0) is 19.8 Å². The van der Waals surface area contributed by atoms with Gasteiger partial charge in [0.2, 0.25) is 0 Å². The lowest BCUT2D eigenvalue weighted by Crippen LogP contribution is -2.29. The number of carbonyl (C=O) groups excluding carboxylic acids is 1. The van der Waals surface area contributed by atoms with Gasteiger partial charge in [0.1, 0.15) is 0 Å². The summed E-state index contributed by atoms with van der Waals surface area (Å²) in [6.07, 6.45) is 9.16. The molecule has 3 aromatic rings. The molecular formula is C25H30N6OS. The smallest absolute Gasteiger partial charge is 0.251 e. The molecule has 1 aromatic carbocycles. The zero-order valence-corrected chi connectivity index (χ0v) is 19.8. The SMILES string of the molecule is CCCn1c(-c2ccncc2)nn(CN(Cc2ccc(C(=O)NC3CC3)cc2)C2CC2)c1=S. The monoisotopic (exact) mass is 462 g/mol. The molecule has 1 N–H and O–H groups in total. The summed E-state index contributed by atoms with van der Waals surface area (Å²) in [5, 5.41) is 7.96. The third-order valence-corrected chi connectivity index (χ3v) is 6.63. The fourth-order valence-corrected chi connectivity index (χ4v) is 4.35. The molecule has 2 heterocycles. The van der Waals surface area contributed by atoms with Gasteiger partial charge in [0.15, 0.2) is 10.6 Å². The second-order valence-corrected chi connectivity index (χ2v) is 9.42. The molecule has 2 fully saturated rings. The van der Waals surface area contributed by atoms with Crippen LogP contribution in [-0.4, -0.2) is 42.2 Å².